The standard InChI is InChI=1S/C14H23FN2O2S.ClH/c1-5-14(6-2,9-16)17-20(18,19)13-10(3)7-12(15)8-11(13)4;/h7-8,17H,5-6,9,16H2,1-4H3;1H. The molecule has 0 aliphatic heterocycles. The Hall–Kier alpha value is -0.690. The van der Waals surface area contributed by atoms with E-state index in [0.717, 1.165) is 0 Å². The molecule has 0 spiro atoms. The van der Waals surface area contributed by atoms with Gasteiger partial charge in [-0.15, -0.1) is 12.4 Å². The van der Waals surface area contributed by atoms with Gasteiger partial charge in [0.25, 0.3) is 0 Å². The molecule has 0 aliphatic rings. The third-order valence-corrected chi connectivity index (χ3v) is 5.67. The van der Waals surface area contributed by atoms with Crippen LogP contribution in [0.4, 0.5) is 4.39 Å². The highest BCUT2D eigenvalue weighted by atomic mass is 35.5. The molecule has 1 aromatic carbocycles. The molecule has 0 aliphatic carbocycles. The number of nitrogens with two attached hydrogens (primary N) is 1. The van der Waals surface area contributed by atoms with Gasteiger partial charge in [0, 0.05) is 12.1 Å². The van der Waals surface area contributed by atoms with Gasteiger partial charge in [0.2, 0.25) is 10.0 Å². The van der Waals surface area contributed by atoms with Gasteiger partial charge in [-0.05, 0) is 49.9 Å². The molecule has 122 valence electrons. The number of sulfonamides is 1. The molecule has 0 saturated heterocycles. The molecule has 4 nitrogen and oxygen atoms in total. The number of nitrogens with one attached hydrogen (secondary N) is 1. The number of hydrogen-bond donors (Lipinski definition) is 2. The van der Waals surface area contributed by atoms with Crippen LogP contribution in [0.15, 0.2) is 17.0 Å². The summed E-state index contributed by atoms with van der Waals surface area (Å²) in [4.78, 5) is 0.138. The van der Waals surface area contributed by atoms with Crippen molar-refractivity contribution >= 4 is 22.4 Å². The Bertz CT molecular complexity index is 555. The zero-order valence-electron chi connectivity index (χ0n) is 12.9. The van der Waals surface area contributed by atoms with Crippen molar-refractivity contribution in [3.8, 4) is 0 Å². The number of halogens is 2. The summed E-state index contributed by atoms with van der Waals surface area (Å²) >= 11 is 0. The Balaban J connectivity index is 0.00000400. The predicted molar refractivity (Wildman–Crippen MR) is 85.8 cm³/mol. The quantitative estimate of drug-likeness (QED) is 0.837. The van der Waals surface area contributed by atoms with Crippen LogP contribution in [0.1, 0.15) is 37.8 Å². The number of benzene rings is 1. The fraction of sp³-hybridized carbons (Fsp3) is 0.571. The minimum Gasteiger partial charge on any atom is -0.329 e. The molecule has 1 rings (SSSR count). The van der Waals surface area contributed by atoms with Crippen LogP contribution in [-0.4, -0.2) is 20.5 Å². The van der Waals surface area contributed by atoms with Crippen molar-refractivity contribution in [2.24, 2.45) is 5.73 Å². The molecule has 0 unspecified atom stereocenters. The van der Waals surface area contributed by atoms with E-state index < -0.39 is 21.4 Å². The Morgan fingerprint density at radius 2 is 1.62 bits per heavy atom. The van der Waals surface area contributed by atoms with E-state index in [1.807, 2.05) is 13.8 Å². The third kappa shape index (κ3) is 4.39. The highest BCUT2D eigenvalue weighted by molar-refractivity contribution is 7.89. The lowest BCUT2D eigenvalue weighted by Gasteiger charge is -2.31. The van der Waals surface area contributed by atoms with Crippen LogP contribution < -0.4 is 10.5 Å². The molecule has 0 fully saturated rings. The first kappa shape index (κ1) is 20.3. The van der Waals surface area contributed by atoms with Crippen LogP contribution in [0, 0.1) is 19.7 Å². The first-order valence-electron chi connectivity index (χ1n) is 6.72. The summed E-state index contributed by atoms with van der Waals surface area (Å²) < 4.78 is 41.2. The first-order valence-corrected chi connectivity index (χ1v) is 8.20. The van der Waals surface area contributed by atoms with E-state index in [2.05, 4.69) is 4.72 Å². The van der Waals surface area contributed by atoms with Crippen molar-refractivity contribution in [2.75, 3.05) is 6.54 Å². The highest BCUT2D eigenvalue weighted by Gasteiger charge is 2.32. The summed E-state index contributed by atoms with van der Waals surface area (Å²) in [5.41, 5.74) is 5.86. The summed E-state index contributed by atoms with van der Waals surface area (Å²) in [7, 11) is -3.73. The second-order valence-electron chi connectivity index (χ2n) is 5.17. The molecule has 21 heavy (non-hydrogen) atoms. The topological polar surface area (TPSA) is 72.2 Å². The minimum atomic E-state index is -3.73. The zero-order valence-corrected chi connectivity index (χ0v) is 14.5. The summed E-state index contributed by atoms with van der Waals surface area (Å²) in [6.45, 7) is 7.18. The molecule has 0 radical (unpaired) electrons. The van der Waals surface area contributed by atoms with Gasteiger partial charge in [-0.25, -0.2) is 17.5 Å². The average Bonchev–Trinajstić information content (AvgIpc) is 2.34. The maximum Gasteiger partial charge on any atom is 0.241 e. The summed E-state index contributed by atoms with van der Waals surface area (Å²) in [6, 6.07) is 2.45. The molecule has 0 aromatic heterocycles. The molecule has 1 aromatic rings. The van der Waals surface area contributed by atoms with Crippen LogP contribution in [-0.2, 0) is 10.0 Å². The Morgan fingerprint density at radius 3 is 1.95 bits per heavy atom. The van der Waals surface area contributed by atoms with Crippen molar-refractivity contribution < 1.29 is 12.8 Å². The number of rotatable bonds is 6. The molecular weight excluding hydrogens is 315 g/mol. The molecule has 0 atom stereocenters. The summed E-state index contributed by atoms with van der Waals surface area (Å²) in [5.74, 6) is -0.435. The molecular formula is C14H24ClFN2O2S. The van der Waals surface area contributed by atoms with E-state index in [9.17, 15) is 12.8 Å². The smallest absolute Gasteiger partial charge is 0.241 e. The minimum absolute atomic E-state index is 0. The van der Waals surface area contributed by atoms with Crippen LogP contribution in [0.3, 0.4) is 0 Å². The van der Waals surface area contributed by atoms with Crippen molar-refractivity contribution in [3.05, 3.63) is 29.1 Å². The largest absolute Gasteiger partial charge is 0.329 e. The lowest BCUT2D eigenvalue weighted by Crippen LogP contribution is -2.52. The maximum atomic E-state index is 13.3. The normalized spacial score (nSPS) is 12.1. The molecule has 0 saturated carbocycles. The van der Waals surface area contributed by atoms with Gasteiger partial charge in [-0.1, -0.05) is 13.8 Å². The monoisotopic (exact) mass is 338 g/mol. The van der Waals surface area contributed by atoms with Gasteiger partial charge in [0.15, 0.2) is 0 Å². The fourth-order valence-electron chi connectivity index (χ4n) is 2.38. The average molecular weight is 339 g/mol. The van der Waals surface area contributed by atoms with Gasteiger partial charge in [-0.2, -0.15) is 0 Å². The summed E-state index contributed by atoms with van der Waals surface area (Å²) in [5, 5.41) is 0. The van der Waals surface area contributed by atoms with E-state index in [0.29, 0.717) is 24.0 Å². The van der Waals surface area contributed by atoms with E-state index in [1.54, 1.807) is 13.8 Å². The Kier molecular flexibility index (Phi) is 7.29. The third-order valence-electron chi connectivity index (χ3n) is 3.79. The lowest BCUT2D eigenvalue weighted by molar-refractivity contribution is 0.363. The van der Waals surface area contributed by atoms with E-state index in [-0.39, 0.29) is 23.8 Å². The lowest BCUT2D eigenvalue weighted by atomic mass is 9.95. The second kappa shape index (κ2) is 7.54. The van der Waals surface area contributed by atoms with Gasteiger partial charge < -0.3 is 5.73 Å². The SMILES string of the molecule is CCC(CC)(CN)NS(=O)(=O)c1c(C)cc(F)cc1C.Cl. The molecule has 7 heteroatoms. The zero-order chi connectivity index (χ0) is 15.6. The predicted octanol–water partition coefficient (Wildman–Crippen LogP) is 2.66. The first-order chi connectivity index (χ1) is 9.21. The molecule has 0 heterocycles. The van der Waals surface area contributed by atoms with Crippen LogP contribution in [0.5, 0.6) is 0 Å². The van der Waals surface area contributed by atoms with Crippen molar-refractivity contribution in [3.63, 3.8) is 0 Å². The molecule has 0 bridgehead atoms. The van der Waals surface area contributed by atoms with E-state index >= 15 is 0 Å². The van der Waals surface area contributed by atoms with Crippen molar-refractivity contribution in [1.82, 2.24) is 4.72 Å². The fourth-order valence-corrected chi connectivity index (χ4v) is 4.39. The van der Waals surface area contributed by atoms with E-state index in [4.69, 9.17) is 5.73 Å². The van der Waals surface area contributed by atoms with Crippen LogP contribution in [0.2, 0.25) is 0 Å². The maximum absolute atomic E-state index is 13.3. The van der Waals surface area contributed by atoms with Gasteiger partial charge >= 0.3 is 0 Å². The van der Waals surface area contributed by atoms with E-state index in [1.165, 1.54) is 12.1 Å². The van der Waals surface area contributed by atoms with Crippen LogP contribution >= 0.6 is 12.4 Å². The van der Waals surface area contributed by atoms with Gasteiger partial charge in [-0.3, -0.25) is 0 Å². The van der Waals surface area contributed by atoms with Gasteiger partial charge in [0.05, 0.1) is 4.90 Å². The van der Waals surface area contributed by atoms with Crippen molar-refractivity contribution in [2.45, 2.75) is 51.0 Å². The number of aryl methyl sites for hydroxylation is 2. The Morgan fingerprint density at radius 1 is 1.19 bits per heavy atom. The van der Waals surface area contributed by atoms with Gasteiger partial charge in [0.1, 0.15) is 5.82 Å². The second-order valence-corrected chi connectivity index (χ2v) is 6.79. The highest BCUT2D eigenvalue weighted by Crippen LogP contribution is 2.24. The molecule has 0 amide bonds. The Labute approximate surface area is 132 Å². The summed E-state index contributed by atoms with van der Waals surface area (Å²) in [6.07, 6.45) is 1.19. The van der Waals surface area contributed by atoms with Crippen molar-refractivity contribution in [1.29, 1.82) is 0 Å². The van der Waals surface area contributed by atoms with Crippen LogP contribution in [0.25, 0.3) is 0 Å². The molecule has 3 N–H and O–H groups in total. The number of hydrogen-bond acceptors (Lipinski definition) is 3.